The normalized spacial score (nSPS) is 26.5. The predicted molar refractivity (Wildman–Crippen MR) is 57.1 cm³/mol. The van der Waals surface area contributed by atoms with Crippen LogP contribution in [0.2, 0.25) is 5.02 Å². The van der Waals surface area contributed by atoms with Gasteiger partial charge in [0.1, 0.15) is 0 Å². The Morgan fingerprint density at radius 3 is 2.31 bits per heavy atom. The van der Waals surface area contributed by atoms with Gasteiger partial charge in [-0.2, -0.15) is 0 Å². The van der Waals surface area contributed by atoms with Gasteiger partial charge in [-0.15, -0.1) is 0 Å². The minimum Gasteiger partial charge on any atom is -0.0843 e. The van der Waals surface area contributed by atoms with E-state index in [9.17, 15) is 0 Å². The molecule has 0 radical (unpaired) electrons. The van der Waals surface area contributed by atoms with E-state index in [4.69, 9.17) is 11.6 Å². The summed E-state index contributed by atoms with van der Waals surface area (Å²) < 4.78 is 0. The molecule has 1 aromatic carbocycles. The van der Waals surface area contributed by atoms with Crippen molar-refractivity contribution >= 4 is 11.6 Å². The van der Waals surface area contributed by atoms with Crippen molar-refractivity contribution in [3.8, 4) is 0 Å². The summed E-state index contributed by atoms with van der Waals surface area (Å²) in [5, 5.41) is 0.838. The summed E-state index contributed by atoms with van der Waals surface area (Å²) in [6.45, 7) is 4.61. The molecule has 0 aliphatic heterocycles. The third-order valence-corrected chi connectivity index (χ3v) is 3.25. The minimum absolute atomic E-state index is 0.803. The van der Waals surface area contributed by atoms with E-state index >= 15 is 0 Å². The Balaban J connectivity index is 2.08. The maximum atomic E-state index is 5.84. The molecule has 0 nitrogen and oxygen atoms in total. The quantitative estimate of drug-likeness (QED) is 0.665. The van der Waals surface area contributed by atoms with E-state index < -0.39 is 0 Å². The maximum Gasteiger partial charge on any atom is 0.0406 e. The van der Waals surface area contributed by atoms with Crippen LogP contribution < -0.4 is 0 Å². The minimum atomic E-state index is 0.803. The summed E-state index contributed by atoms with van der Waals surface area (Å²) >= 11 is 5.84. The van der Waals surface area contributed by atoms with Crippen LogP contribution in [-0.4, -0.2) is 0 Å². The van der Waals surface area contributed by atoms with E-state index in [0.29, 0.717) is 0 Å². The highest BCUT2D eigenvalue weighted by molar-refractivity contribution is 6.30. The molecule has 70 valence electrons. The first-order chi connectivity index (χ1) is 6.18. The Kier molecular flexibility index (Phi) is 2.33. The van der Waals surface area contributed by atoms with Gasteiger partial charge in [0.15, 0.2) is 0 Å². The van der Waals surface area contributed by atoms with Crippen molar-refractivity contribution in [3.05, 3.63) is 34.9 Å². The predicted octanol–water partition coefficient (Wildman–Crippen LogP) is 4.10. The fourth-order valence-corrected chi connectivity index (χ4v) is 2.17. The van der Waals surface area contributed by atoms with Crippen LogP contribution in [0.5, 0.6) is 0 Å². The number of halogens is 1. The lowest BCUT2D eigenvalue weighted by molar-refractivity contribution is 0.549. The Morgan fingerprint density at radius 2 is 1.85 bits per heavy atom. The van der Waals surface area contributed by atoms with E-state index in [1.807, 2.05) is 12.1 Å². The SMILES string of the molecule is CC(C)[C@@H]1C[C@H]1c1ccc(Cl)cc1. The van der Waals surface area contributed by atoms with Gasteiger partial charge in [-0.05, 0) is 41.9 Å². The molecule has 1 saturated carbocycles. The zero-order chi connectivity index (χ0) is 9.42. The molecule has 0 bridgehead atoms. The van der Waals surface area contributed by atoms with Crippen molar-refractivity contribution in [1.29, 1.82) is 0 Å². The van der Waals surface area contributed by atoms with Crippen molar-refractivity contribution in [2.24, 2.45) is 11.8 Å². The van der Waals surface area contributed by atoms with E-state index in [-0.39, 0.29) is 0 Å². The van der Waals surface area contributed by atoms with Gasteiger partial charge in [-0.25, -0.2) is 0 Å². The van der Waals surface area contributed by atoms with Gasteiger partial charge in [-0.3, -0.25) is 0 Å². The van der Waals surface area contributed by atoms with Crippen molar-refractivity contribution in [3.63, 3.8) is 0 Å². The Labute approximate surface area is 84.9 Å². The van der Waals surface area contributed by atoms with Crippen LogP contribution in [0, 0.1) is 11.8 Å². The highest BCUT2D eigenvalue weighted by atomic mass is 35.5. The van der Waals surface area contributed by atoms with Crippen LogP contribution in [-0.2, 0) is 0 Å². The van der Waals surface area contributed by atoms with E-state index in [1.165, 1.54) is 12.0 Å². The Hall–Kier alpha value is -0.490. The summed E-state index contributed by atoms with van der Waals surface area (Å²) in [4.78, 5) is 0. The zero-order valence-corrected chi connectivity index (χ0v) is 8.88. The second-order valence-electron chi connectivity index (χ2n) is 4.30. The number of hydrogen-bond donors (Lipinski definition) is 0. The lowest BCUT2D eigenvalue weighted by Gasteiger charge is -2.03. The van der Waals surface area contributed by atoms with Gasteiger partial charge in [-0.1, -0.05) is 37.6 Å². The van der Waals surface area contributed by atoms with Crippen LogP contribution in [0.15, 0.2) is 24.3 Å². The van der Waals surface area contributed by atoms with Gasteiger partial charge in [0.2, 0.25) is 0 Å². The van der Waals surface area contributed by atoms with Crippen LogP contribution in [0.25, 0.3) is 0 Å². The molecular weight excluding hydrogens is 180 g/mol. The van der Waals surface area contributed by atoms with Gasteiger partial charge in [0.05, 0.1) is 0 Å². The lowest BCUT2D eigenvalue weighted by Crippen LogP contribution is -1.91. The van der Waals surface area contributed by atoms with Crippen LogP contribution >= 0.6 is 11.6 Å². The average molecular weight is 195 g/mol. The molecule has 1 heteroatoms. The largest absolute Gasteiger partial charge is 0.0843 e. The lowest BCUT2D eigenvalue weighted by atomic mass is 10.0. The van der Waals surface area contributed by atoms with Crippen LogP contribution in [0.3, 0.4) is 0 Å². The van der Waals surface area contributed by atoms with Gasteiger partial charge >= 0.3 is 0 Å². The summed E-state index contributed by atoms with van der Waals surface area (Å²) in [6, 6.07) is 8.31. The molecule has 0 unspecified atom stereocenters. The van der Waals surface area contributed by atoms with E-state index in [0.717, 1.165) is 22.8 Å². The van der Waals surface area contributed by atoms with Crippen LogP contribution in [0.4, 0.5) is 0 Å². The average Bonchev–Trinajstić information content (AvgIpc) is 2.85. The molecule has 0 spiro atoms. The Bertz CT molecular complexity index is 286. The fourth-order valence-electron chi connectivity index (χ4n) is 2.04. The van der Waals surface area contributed by atoms with Crippen molar-refractivity contribution < 1.29 is 0 Å². The molecule has 0 saturated heterocycles. The molecule has 13 heavy (non-hydrogen) atoms. The molecule has 1 aliphatic carbocycles. The highest BCUT2D eigenvalue weighted by Gasteiger charge is 2.39. The molecule has 1 aromatic rings. The van der Waals surface area contributed by atoms with Crippen molar-refractivity contribution in [2.75, 3.05) is 0 Å². The van der Waals surface area contributed by atoms with Crippen molar-refractivity contribution in [1.82, 2.24) is 0 Å². The zero-order valence-electron chi connectivity index (χ0n) is 8.13. The second kappa shape index (κ2) is 3.34. The summed E-state index contributed by atoms with van der Waals surface area (Å²) in [5.74, 6) is 2.53. The monoisotopic (exact) mass is 194 g/mol. The standard InChI is InChI=1S/C12H15Cl/c1-8(2)11-7-12(11)9-3-5-10(13)6-4-9/h3-6,8,11-12H,7H2,1-2H3/t11-,12-/m0/s1. The molecule has 2 atom stereocenters. The molecule has 0 N–H and O–H groups in total. The summed E-state index contributed by atoms with van der Waals surface area (Å²) in [5.41, 5.74) is 1.46. The second-order valence-corrected chi connectivity index (χ2v) is 4.74. The van der Waals surface area contributed by atoms with E-state index in [1.54, 1.807) is 0 Å². The first-order valence-corrected chi connectivity index (χ1v) is 5.31. The molecule has 0 aromatic heterocycles. The summed E-state index contributed by atoms with van der Waals surface area (Å²) in [7, 11) is 0. The van der Waals surface area contributed by atoms with Gasteiger partial charge in [0.25, 0.3) is 0 Å². The highest BCUT2D eigenvalue weighted by Crippen LogP contribution is 2.51. The van der Waals surface area contributed by atoms with Crippen LogP contribution in [0.1, 0.15) is 31.7 Å². The third-order valence-electron chi connectivity index (χ3n) is 2.99. The van der Waals surface area contributed by atoms with Gasteiger partial charge < -0.3 is 0 Å². The molecule has 2 rings (SSSR count). The number of rotatable bonds is 2. The molecule has 0 amide bonds. The first-order valence-electron chi connectivity index (χ1n) is 4.94. The number of benzene rings is 1. The topological polar surface area (TPSA) is 0 Å². The molecule has 1 aliphatic rings. The third kappa shape index (κ3) is 1.88. The number of hydrogen-bond acceptors (Lipinski definition) is 0. The fraction of sp³-hybridized carbons (Fsp3) is 0.500. The summed E-state index contributed by atoms with van der Waals surface area (Å²) in [6.07, 6.45) is 1.36. The molecule has 0 heterocycles. The Morgan fingerprint density at radius 1 is 1.23 bits per heavy atom. The molecular formula is C12H15Cl. The molecule has 1 fully saturated rings. The maximum absolute atomic E-state index is 5.84. The van der Waals surface area contributed by atoms with Crippen molar-refractivity contribution in [2.45, 2.75) is 26.2 Å². The first kappa shape index (κ1) is 9.08. The smallest absolute Gasteiger partial charge is 0.0406 e. The van der Waals surface area contributed by atoms with E-state index in [2.05, 4.69) is 26.0 Å². The van der Waals surface area contributed by atoms with Gasteiger partial charge in [0, 0.05) is 5.02 Å².